The summed E-state index contributed by atoms with van der Waals surface area (Å²) in [5.41, 5.74) is -0.159. The molecule has 0 N–H and O–H groups in total. The minimum atomic E-state index is -4.87. The van der Waals surface area contributed by atoms with E-state index in [1.54, 1.807) is 0 Å². The van der Waals surface area contributed by atoms with Gasteiger partial charge in [0.2, 0.25) is 5.91 Å². The van der Waals surface area contributed by atoms with Gasteiger partial charge in [-0.25, -0.2) is 8.78 Å². The largest absolute Gasteiger partial charge is 0.310 e. The number of rotatable bonds is 2. The van der Waals surface area contributed by atoms with E-state index in [2.05, 4.69) is 15.9 Å². The Morgan fingerprint density at radius 2 is 1.95 bits per heavy atom. The minimum Gasteiger partial charge on any atom is -0.310 e. The summed E-state index contributed by atoms with van der Waals surface area (Å²) in [4.78, 5) is 12.5. The summed E-state index contributed by atoms with van der Waals surface area (Å²) in [6, 6.07) is 1.48. The van der Waals surface area contributed by atoms with Gasteiger partial charge in [-0.1, -0.05) is 0 Å². The van der Waals surface area contributed by atoms with Gasteiger partial charge in [-0.2, -0.15) is 8.42 Å². The van der Waals surface area contributed by atoms with Crippen molar-refractivity contribution in [3.8, 4) is 0 Å². The minimum absolute atomic E-state index is 0.159. The second-order valence-corrected chi connectivity index (χ2v) is 6.44. The molecule has 1 aromatic rings. The monoisotopic (exact) mass is 357 g/mol. The predicted octanol–water partition coefficient (Wildman–Crippen LogP) is 2.13. The van der Waals surface area contributed by atoms with Gasteiger partial charge in [0.1, 0.15) is 16.9 Å². The second-order valence-electron chi connectivity index (χ2n) is 4.03. The molecule has 1 saturated heterocycles. The lowest BCUT2D eigenvalue weighted by atomic mass is 10.2. The molecular weight excluding hydrogens is 351 g/mol. The van der Waals surface area contributed by atoms with Crippen molar-refractivity contribution in [1.82, 2.24) is 0 Å². The fourth-order valence-electron chi connectivity index (χ4n) is 1.84. The third-order valence-electron chi connectivity index (χ3n) is 2.75. The zero-order valence-electron chi connectivity index (χ0n) is 9.24. The summed E-state index contributed by atoms with van der Waals surface area (Å²) in [6.07, 6.45) is -0.552. The fraction of sp³-hybridized carbons (Fsp3) is 0.300. The van der Waals surface area contributed by atoms with Gasteiger partial charge in [0.15, 0.2) is 0 Å². The normalized spacial score (nSPS) is 20.1. The van der Waals surface area contributed by atoms with Crippen LogP contribution in [0.5, 0.6) is 0 Å². The summed E-state index contributed by atoms with van der Waals surface area (Å²) < 4.78 is 60.7. The molecule has 1 unspecified atom stereocenters. The van der Waals surface area contributed by atoms with Crippen molar-refractivity contribution in [3.05, 3.63) is 28.2 Å². The smallest absolute Gasteiger partial charge is 0.307 e. The van der Waals surface area contributed by atoms with Crippen LogP contribution < -0.4 is 4.90 Å². The maximum absolute atomic E-state index is 13.3. The molecule has 1 amide bonds. The molecule has 0 saturated carbocycles. The molecule has 1 atom stereocenters. The Bertz CT molecular complexity index is 650. The molecular formula is C10H7BrF3NO3S. The molecule has 104 valence electrons. The summed E-state index contributed by atoms with van der Waals surface area (Å²) in [5.74, 6) is -2.57. The lowest BCUT2D eigenvalue weighted by Crippen LogP contribution is -2.27. The van der Waals surface area contributed by atoms with Gasteiger partial charge in [-0.15, -0.1) is 3.89 Å². The van der Waals surface area contributed by atoms with Gasteiger partial charge < -0.3 is 4.90 Å². The Hall–Kier alpha value is -1.09. The highest BCUT2D eigenvalue weighted by atomic mass is 79.9. The number of benzene rings is 1. The predicted molar refractivity (Wildman–Crippen MR) is 64.8 cm³/mol. The molecule has 0 spiro atoms. The number of anilines is 1. The van der Waals surface area contributed by atoms with Crippen LogP contribution in [-0.4, -0.2) is 26.1 Å². The van der Waals surface area contributed by atoms with E-state index in [1.165, 1.54) is 0 Å². The van der Waals surface area contributed by atoms with Crippen LogP contribution in [0.1, 0.15) is 6.42 Å². The Balaban J connectivity index is 2.41. The molecule has 0 bridgehead atoms. The summed E-state index contributed by atoms with van der Waals surface area (Å²) >= 11 is 2.84. The first kappa shape index (κ1) is 14.3. The van der Waals surface area contributed by atoms with Gasteiger partial charge >= 0.3 is 10.2 Å². The summed E-state index contributed by atoms with van der Waals surface area (Å²) in [6.45, 7) is -0.473. The molecule has 1 aromatic carbocycles. The van der Waals surface area contributed by atoms with Crippen LogP contribution in [-0.2, 0) is 15.0 Å². The van der Waals surface area contributed by atoms with E-state index in [0.29, 0.717) is 6.07 Å². The topological polar surface area (TPSA) is 54.5 Å². The van der Waals surface area contributed by atoms with Crippen molar-refractivity contribution in [2.45, 2.75) is 11.7 Å². The maximum atomic E-state index is 13.3. The van der Waals surface area contributed by atoms with Crippen LogP contribution in [0.2, 0.25) is 0 Å². The molecule has 0 aliphatic carbocycles. The third-order valence-corrected chi connectivity index (χ3v) is 4.65. The van der Waals surface area contributed by atoms with Crippen LogP contribution >= 0.6 is 15.9 Å². The average molecular weight is 358 g/mol. The molecule has 9 heteroatoms. The Morgan fingerprint density at radius 3 is 2.47 bits per heavy atom. The first-order valence-corrected chi connectivity index (χ1v) is 7.32. The number of halogens is 4. The number of carbonyl (C=O) groups is 1. The van der Waals surface area contributed by atoms with Crippen molar-refractivity contribution >= 4 is 37.7 Å². The molecule has 1 heterocycles. The molecule has 4 nitrogen and oxygen atoms in total. The van der Waals surface area contributed by atoms with E-state index >= 15 is 0 Å². The zero-order valence-corrected chi connectivity index (χ0v) is 11.6. The van der Waals surface area contributed by atoms with Gasteiger partial charge in [0, 0.05) is 19.0 Å². The summed E-state index contributed by atoms with van der Waals surface area (Å²) in [7, 11) is -4.87. The lowest BCUT2D eigenvalue weighted by molar-refractivity contribution is -0.117. The highest BCUT2D eigenvalue weighted by Gasteiger charge is 2.40. The van der Waals surface area contributed by atoms with Gasteiger partial charge in [0.25, 0.3) is 0 Å². The molecule has 1 aliphatic heterocycles. The zero-order chi connectivity index (χ0) is 14.4. The molecule has 0 aromatic heterocycles. The summed E-state index contributed by atoms with van der Waals surface area (Å²) in [5, 5.41) is -1.52. The Kier molecular flexibility index (Phi) is 3.61. The first-order valence-electron chi connectivity index (χ1n) is 5.08. The lowest BCUT2D eigenvalue weighted by Gasteiger charge is -2.18. The molecule has 0 radical (unpaired) electrons. The number of hydrogen-bond acceptors (Lipinski definition) is 3. The van der Waals surface area contributed by atoms with E-state index in [-0.39, 0.29) is 10.2 Å². The highest BCUT2D eigenvalue weighted by Crippen LogP contribution is 2.34. The standard InChI is InChI=1S/C10H7BrF3NO3S/c11-10-7(13)1-5(12)2-8(10)15-4-6(3-9(15)16)19(14,17)18/h1-2,6H,3-4H2. The van der Waals surface area contributed by atoms with Crippen LogP contribution in [0.15, 0.2) is 16.6 Å². The number of nitrogens with zero attached hydrogens (tertiary/aromatic N) is 1. The van der Waals surface area contributed by atoms with E-state index in [9.17, 15) is 25.9 Å². The van der Waals surface area contributed by atoms with Gasteiger partial charge in [-0.05, 0) is 22.0 Å². The maximum Gasteiger partial charge on any atom is 0.307 e. The van der Waals surface area contributed by atoms with Crippen molar-refractivity contribution in [2.75, 3.05) is 11.4 Å². The molecule has 1 fully saturated rings. The average Bonchev–Trinajstić information content (AvgIpc) is 2.65. The SMILES string of the molecule is O=C1CC(S(=O)(=O)F)CN1c1cc(F)cc(F)c1Br. The van der Waals surface area contributed by atoms with Crippen molar-refractivity contribution in [3.63, 3.8) is 0 Å². The quantitative estimate of drug-likeness (QED) is 0.601. The van der Waals surface area contributed by atoms with Crippen molar-refractivity contribution in [2.24, 2.45) is 0 Å². The van der Waals surface area contributed by atoms with Crippen LogP contribution in [0.25, 0.3) is 0 Å². The van der Waals surface area contributed by atoms with E-state index in [4.69, 9.17) is 0 Å². The van der Waals surface area contributed by atoms with Crippen molar-refractivity contribution < 1.29 is 25.9 Å². The fourth-order valence-corrected chi connectivity index (χ4v) is 2.95. The van der Waals surface area contributed by atoms with Crippen LogP contribution in [0.3, 0.4) is 0 Å². The van der Waals surface area contributed by atoms with Crippen LogP contribution in [0.4, 0.5) is 18.4 Å². The molecule has 19 heavy (non-hydrogen) atoms. The second kappa shape index (κ2) is 4.78. The number of hydrogen-bond donors (Lipinski definition) is 0. The molecule has 1 aliphatic rings. The highest BCUT2D eigenvalue weighted by molar-refractivity contribution is 9.10. The van der Waals surface area contributed by atoms with E-state index in [1.807, 2.05) is 0 Å². The Morgan fingerprint density at radius 1 is 1.32 bits per heavy atom. The number of amides is 1. The van der Waals surface area contributed by atoms with Gasteiger partial charge in [0.05, 0.1) is 10.2 Å². The molecule has 2 rings (SSSR count). The van der Waals surface area contributed by atoms with Crippen molar-refractivity contribution in [1.29, 1.82) is 0 Å². The Labute approximate surface area is 115 Å². The van der Waals surface area contributed by atoms with E-state index in [0.717, 1.165) is 11.0 Å². The van der Waals surface area contributed by atoms with E-state index < -0.39 is 46.0 Å². The van der Waals surface area contributed by atoms with Crippen LogP contribution in [0, 0.1) is 11.6 Å². The number of carbonyl (C=O) groups excluding carboxylic acids is 1. The van der Waals surface area contributed by atoms with Gasteiger partial charge in [-0.3, -0.25) is 4.79 Å². The first-order chi connectivity index (χ1) is 8.70. The third kappa shape index (κ3) is 2.76.